The highest BCUT2D eigenvalue weighted by Gasteiger charge is 2.14. The van der Waals surface area contributed by atoms with E-state index in [4.69, 9.17) is 11.5 Å². The van der Waals surface area contributed by atoms with Crippen LogP contribution in [0.3, 0.4) is 0 Å². The van der Waals surface area contributed by atoms with Crippen molar-refractivity contribution in [2.24, 2.45) is 11.5 Å². The third kappa shape index (κ3) is 5.10. The topological polar surface area (TPSA) is 144 Å². The third-order valence-electron chi connectivity index (χ3n) is 3.54. The lowest BCUT2D eigenvalue weighted by Gasteiger charge is -2.08. The molecule has 0 spiro atoms. The average Bonchev–Trinajstić information content (AvgIpc) is 2.65. The van der Waals surface area contributed by atoms with Gasteiger partial charge in [0.2, 0.25) is 20.0 Å². The Morgan fingerprint density at radius 3 is 1.19 bits per heavy atom. The SMILES string of the molecule is NCCNS(=O)(=O)c1ccc(-c2ccc(S(=O)(=O)NCCN)cc2)cc1. The van der Waals surface area contributed by atoms with Gasteiger partial charge in [-0.05, 0) is 35.4 Å². The van der Waals surface area contributed by atoms with Gasteiger partial charge in [0.15, 0.2) is 0 Å². The van der Waals surface area contributed by atoms with Crippen molar-refractivity contribution in [2.45, 2.75) is 9.79 Å². The van der Waals surface area contributed by atoms with Crippen molar-refractivity contribution in [1.29, 1.82) is 0 Å². The largest absolute Gasteiger partial charge is 0.329 e. The Kier molecular flexibility index (Phi) is 6.87. The van der Waals surface area contributed by atoms with E-state index < -0.39 is 20.0 Å². The molecule has 6 N–H and O–H groups in total. The van der Waals surface area contributed by atoms with Gasteiger partial charge in [0.1, 0.15) is 0 Å². The van der Waals surface area contributed by atoms with Crippen LogP contribution in [0.5, 0.6) is 0 Å². The molecular formula is C16H22N4O4S2. The number of nitrogens with two attached hydrogens (primary N) is 2. The maximum atomic E-state index is 12.0. The highest BCUT2D eigenvalue weighted by molar-refractivity contribution is 7.89. The second-order valence-corrected chi connectivity index (χ2v) is 8.96. The standard InChI is InChI=1S/C16H22N4O4S2/c17-9-11-19-25(21,22)15-5-1-13(2-6-15)14-3-7-16(8-4-14)26(23,24)20-12-10-18/h1-8,19-20H,9-12,17-18H2. The fourth-order valence-corrected chi connectivity index (χ4v) is 4.30. The van der Waals surface area contributed by atoms with E-state index in [9.17, 15) is 16.8 Å². The summed E-state index contributed by atoms with van der Waals surface area (Å²) in [6.45, 7) is 0.760. The van der Waals surface area contributed by atoms with Gasteiger partial charge < -0.3 is 11.5 Å². The number of benzene rings is 2. The van der Waals surface area contributed by atoms with E-state index in [1.807, 2.05) is 0 Å². The van der Waals surface area contributed by atoms with Gasteiger partial charge in [0, 0.05) is 26.2 Å². The van der Waals surface area contributed by atoms with Gasteiger partial charge in [-0.15, -0.1) is 0 Å². The molecule has 2 aromatic carbocycles. The molecular weight excluding hydrogens is 376 g/mol. The molecule has 0 atom stereocenters. The zero-order valence-electron chi connectivity index (χ0n) is 14.1. The monoisotopic (exact) mass is 398 g/mol. The zero-order chi connectivity index (χ0) is 19.2. The van der Waals surface area contributed by atoms with Gasteiger partial charge in [-0.2, -0.15) is 0 Å². The molecule has 2 rings (SSSR count). The average molecular weight is 399 g/mol. The van der Waals surface area contributed by atoms with E-state index >= 15 is 0 Å². The summed E-state index contributed by atoms with van der Waals surface area (Å²) < 4.78 is 52.9. The lowest BCUT2D eigenvalue weighted by Crippen LogP contribution is -2.29. The maximum Gasteiger partial charge on any atom is 0.240 e. The first-order valence-corrected chi connectivity index (χ1v) is 10.9. The summed E-state index contributed by atoms with van der Waals surface area (Å²) >= 11 is 0. The molecule has 10 heteroatoms. The molecule has 26 heavy (non-hydrogen) atoms. The molecule has 2 aromatic rings. The second-order valence-electron chi connectivity index (χ2n) is 5.42. The van der Waals surface area contributed by atoms with Crippen molar-refractivity contribution >= 4 is 20.0 Å². The molecule has 0 aromatic heterocycles. The van der Waals surface area contributed by atoms with Gasteiger partial charge in [0.05, 0.1) is 9.79 Å². The molecule has 0 fully saturated rings. The van der Waals surface area contributed by atoms with Crippen molar-refractivity contribution in [3.8, 4) is 11.1 Å². The molecule has 0 aliphatic carbocycles. The molecule has 0 saturated heterocycles. The Labute approximate surface area is 153 Å². The Bertz CT molecular complexity index is 846. The van der Waals surface area contributed by atoms with Gasteiger partial charge >= 0.3 is 0 Å². The Morgan fingerprint density at radius 1 is 0.615 bits per heavy atom. The number of sulfonamides is 2. The highest BCUT2D eigenvalue weighted by atomic mass is 32.2. The summed E-state index contributed by atoms with van der Waals surface area (Å²) in [5, 5.41) is 0. The summed E-state index contributed by atoms with van der Waals surface area (Å²) in [6.07, 6.45) is 0. The first-order chi connectivity index (χ1) is 12.3. The van der Waals surface area contributed by atoms with Crippen LogP contribution < -0.4 is 20.9 Å². The van der Waals surface area contributed by atoms with Crippen LogP contribution in [0.2, 0.25) is 0 Å². The van der Waals surface area contributed by atoms with Crippen molar-refractivity contribution in [3.63, 3.8) is 0 Å². The highest BCUT2D eigenvalue weighted by Crippen LogP contribution is 2.23. The van der Waals surface area contributed by atoms with Crippen LogP contribution in [0.25, 0.3) is 11.1 Å². The second kappa shape index (κ2) is 8.71. The predicted molar refractivity (Wildman–Crippen MR) is 100 cm³/mol. The van der Waals surface area contributed by atoms with Crippen LogP contribution in [-0.2, 0) is 20.0 Å². The van der Waals surface area contributed by atoms with Crippen LogP contribution in [0, 0.1) is 0 Å². The lowest BCUT2D eigenvalue weighted by molar-refractivity contribution is 0.580. The van der Waals surface area contributed by atoms with E-state index in [0.717, 1.165) is 11.1 Å². The third-order valence-corrected chi connectivity index (χ3v) is 6.49. The summed E-state index contributed by atoms with van der Waals surface area (Å²) in [5.74, 6) is 0. The van der Waals surface area contributed by atoms with E-state index in [1.54, 1.807) is 24.3 Å². The summed E-state index contributed by atoms with van der Waals surface area (Å²) in [7, 11) is -7.17. The van der Waals surface area contributed by atoms with Crippen molar-refractivity contribution in [3.05, 3.63) is 48.5 Å². The molecule has 0 heterocycles. The van der Waals surface area contributed by atoms with Crippen LogP contribution in [0.1, 0.15) is 0 Å². The molecule has 0 radical (unpaired) electrons. The Balaban J connectivity index is 2.20. The summed E-state index contributed by atoms with van der Waals surface area (Å²) in [5.41, 5.74) is 12.1. The molecule has 8 nitrogen and oxygen atoms in total. The molecule has 0 saturated carbocycles. The molecule has 0 aliphatic heterocycles. The van der Waals surface area contributed by atoms with Crippen molar-refractivity contribution < 1.29 is 16.8 Å². The van der Waals surface area contributed by atoms with E-state index in [1.165, 1.54) is 24.3 Å². The lowest BCUT2D eigenvalue weighted by atomic mass is 10.1. The number of hydrogen-bond acceptors (Lipinski definition) is 6. The quantitative estimate of drug-likeness (QED) is 0.461. The number of rotatable bonds is 9. The van der Waals surface area contributed by atoms with Crippen LogP contribution in [0.15, 0.2) is 58.3 Å². The molecule has 0 aliphatic rings. The predicted octanol–water partition coefficient (Wildman–Crippen LogP) is -0.172. The first-order valence-electron chi connectivity index (χ1n) is 7.90. The van der Waals surface area contributed by atoms with E-state index in [0.29, 0.717) is 0 Å². The summed E-state index contributed by atoms with van der Waals surface area (Å²) in [6, 6.07) is 12.6. The molecule has 0 amide bonds. The molecule has 0 bridgehead atoms. The van der Waals surface area contributed by atoms with Crippen LogP contribution in [0.4, 0.5) is 0 Å². The fraction of sp³-hybridized carbons (Fsp3) is 0.250. The van der Waals surface area contributed by atoms with Crippen molar-refractivity contribution in [1.82, 2.24) is 9.44 Å². The van der Waals surface area contributed by atoms with Gasteiger partial charge in [-0.25, -0.2) is 26.3 Å². The minimum atomic E-state index is -3.58. The van der Waals surface area contributed by atoms with Crippen molar-refractivity contribution in [2.75, 3.05) is 26.2 Å². The van der Waals surface area contributed by atoms with E-state index in [-0.39, 0.29) is 36.0 Å². The number of hydrogen-bond donors (Lipinski definition) is 4. The normalized spacial score (nSPS) is 12.2. The van der Waals surface area contributed by atoms with Gasteiger partial charge in [-0.1, -0.05) is 24.3 Å². The molecule has 0 unspecified atom stereocenters. The maximum absolute atomic E-state index is 12.0. The minimum absolute atomic E-state index is 0.139. The van der Waals surface area contributed by atoms with Crippen LogP contribution in [-0.4, -0.2) is 43.0 Å². The van der Waals surface area contributed by atoms with E-state index in [2.05, 4.69) is 9.44 Å². The van der Waals surface area contributed by atoms with Gasteiger partial charge in [0.25, 0.3) is 0 Å². The minimum Gasteiger partial charge on any atom is -0.329 e. The Morgan fingerprint density at radius 2 is 0.923 bits per heavy atom. The fourth-order valence-electron chi connectivity index (χ4n) is 2.21. The zero-order valence-corrected chi connectivity index (χ0v) is 15.7. The number of nitrogens with one attached hydrogen (secondary N) is 2. The first kappa shape index (κ1) is 20.5. The van der Waals surface area contributed by atoms with Crippen LogP contribution >= 0.6 is 0 Å². The molecule has 142 valence electrons. The summed E-state index contributed by atoms with van der Waals surface area (Å²) in [4.78, 5) is 0.278. The Hall–Kier alpha value is -1.82. The smallest absolute Gasteiger partial charge is 0.240 e. The van der Waals surface area contributed by atoms with Gasteiger partial charge in [-0.3, -0.25) is 0 Å².